The smallest absolute Gasteiger partial charge is 0.254 e. The lowest BCUT2D eigenvalue weighted by molar-refractivity contribution is 0.0691. The van der Waals surface area contributed by atoms with Crippen molar-refractivity contribution in [1.29, 1.82) is 0 Å². The molecule has 0 N–H and O–H groups in total. The van der Waals surface area contributed by atoms with E-state index in [9.17, 15) is 4.79 Å². The van der Waals surface area contributed by atoms with E-state index in [1.165, 1.54) is 0 Å². The minimum Gasteiger partial charge on any atom is -0.497 e. The second-order valence-corrected chi connectivity index (χ2v) is 8.22. The van der Waals surface area contributed by atoms with E-state index in [4.69, 9.17) is 23.9 Å². The first-order valence-electron chi connectivity index (χ1n) is 11.4. The van der Waals surface area contributed by atoms with Crippen molar-refractivity contribution in [2.75, 3.05) is 47.5 Å². The maximum absolute atomic E-state index is 13.2. The molecule has 5 rings (SSSR count). The number of para-hydroxylation sites is 2. The van der Waals surface area contributed by atoms with Gasteiger partial charge in [-0.2, -0.15) is 0 Å². The fourth-order valence-electron chi connectivity index (χ4n) is 4.34. The number of nitrogens with zero attached hydrogens (tertiary/aromatic N) is 3. The molecule has 3 aromatic rings. The van der Waals surface area contributed by atoms with Gasteiger partial charge in [-0.15, -0.1) is 0 Å². The van der Waals surface area contributed by atoms with Gasteiger partial charge in [-0.1, -0.05) is 12.1 Å². The van der Waals surface area contributed by atoms with Gasteiger partial charge in [-0.05, 0) is 48.5 Å². The molecule has 8 heteroatoms. The first-order chi connectivity index (χ1) is 17.1. The van der Waals surface area contributed by atoms with Gasteiger partial charge in [0.25, 0.3) is 5.91 Å². The molecular weight excluding hydrogens is 446 g/mol. The lowest BCUT2D eigenvalue weighted by Crippen LogP contribution is -2.50. The van der Waals surface area contributed by atoms with Crippen LogP contribution < -0.4 is 18.9 Å². The van der Waals surface area contributed by atoms with Crippen molar-refractivity contribution in [3.63, 3.8) is 0 Å². The highest BCUT2D eigenvalue weighted by Crippen LogP contribution is 2.39. The highest BCUT2D eigenvalue weighted by molar-refractivity contribution is 6.04. The summed E-state index contributed by atoms with van der Waals surface area (Å²) in [6.45, 7) is 2.40. The third-order valence-corrected chi connectivity index (χ3v) is 6.24. The number of aliphatic imine (C=N–C) groups is 1. The zero-order chi connectivity index (χ0) is 24.4. The molecular formula is C27H27N3O5. The highest BCUT2D eigenvalue weighted by Gasteiger charge is 2.28. The number of rotatable bonds is 4. The topological polar surface area (TPSA) is 72.8 Å². The molecule has 2 aliphatic rings. The van der Waals surface area contributed by atoms with Crippen LogP contribution in [0, 0.1) is 0 Å². The van der Waals surface area contributed by atoms with E-state index in [1.807, 2.05) is 47.4 Å². The number of benzene rings is 3. The van der Waals surface area contributed by atoms with Crippen LogP contribution in [0.1, 0.15) is 15.9 Å². The van der Waals surface area contributed by atoms with Crippen LogP contribution in [0.4, 0.5) is 5.69 Å². The van der Waals surface area contributed by atoms with Crippen LogP contribution in [0.15, 0.2) is 65.7 Å². The highest BCUT2D eigenvalue weighted by atomic mass is 16.5. The number of fused-ring (bicyclic) bond motifs is 2. The molecule has 2 aliphatic heterocycles. The van der Waals surface area contributed by atoms with Crippen molar-refractivity contribution in [1.82, 2.24) is 9.80 Å². The Kier molecular flexibility index (Phi) is 6.18. The van der Waals surface area contributed by atoms with Crippen molar-refractivity contribution in [3.8, 4) is 28.7 Å². The van der Waals surface area contributed by atoms with Gasteiger partial charge in [0.15, 0.2) is 17.2 Å². The Bertz CT molecular complexity index is 1280. The number of hydrogen-bond acceptors (Lipinski definition) is 7. The van der Waals surface area contributed by atoms with Gasteiger partial charge in [0.2, 0.25) is 0 Å². The Morgan fingerprint density at radius 3 is 2.34 bits per heavy atom. The number of carbonyl (C=O) groups is 1. The van der Waals surface area contributed by atoms with Crippen LogP contribution in [-0.2, 0) is 0 Å². The molecule has 0 saturated carbocycles. The van der Waals surface area contributed by atoms with E-state index in [0.717, 1.165) is 28.6 Å². The second kappa shape index (κ2) is 9.58. The minimum absolute atomic E-state index is 0.0378. The Hall–Kier alpha value is -4.20. The van der Waals surface area contributed by atoms with Crippen LogP contribution in [0.2, 0.25) is 0 Å². The van der Waals surface area contributed by atoms with Crippen LogP contribution >= 0.6 is 0 Å². The van der Waals surface area contributed by atoms with E-state index in [0.29, 0.717) is 49.0 Å². The Labute approximate surface area is 204 Å². The molecule has 0 radical (unpaired) electrons. The lowest BCUT2D eigenvalue weighted by Gasteiger charge is -2.36. The summed E-state index contributed by atoms with van der Waals surface area (Å²) in [5.41, 5.74) is 2.20. The SMILES string of the molecule is COc1ccc2c(c1)C(N1CCN(C(=O)c3ccc(OC)c(OC)c3)CC1)=Nc1ccccc1O2. The Morgan fingerprint density at radius 2 is 1.60 bits per heavy atom. The molecule has 0 bridgehead atoms. The predicted octanol–water partition coefficient (Wildman–Crippen LogP) is 4.35. The summed E-state index contributed by atoms with van der Waals surface area (Å²) in [7, 11) is 4.78. The molecule has 35 heavy (non-hydrogen) atoms. The summed E-state index contributed by atoms with van der Waals surface area (Å²) in [6.07, 6.45) is 0. The number of methoxy groups -OCH3 is 3. The normalized spacial score (nSPS) is 14.7. The summed E-state index contributed by atoms with van der Waals surface area (Å²) in [4.78, 5) is 22.2. The lowest BCUT2D eigenvalue weighted by atomic mass is 10.1. The van der Waals surface area contributed by atoms with E-state index in [-0.39, 0.29) is 5.91 Å². The average molecular weight is 474 g/mol. The van der Waals surface area contributed by atoms with E-state index >= 15 is 0 Å². The fourth-order valence-corrected chi connectivity index (χ4v) is 4.34. The van der Waals surface area contributed by atoms with E-state index in [2.05, 4.69) is 4.90 Å². The largest absolute Gasteiger partial charge is 0.497 e. The average Bonchev–Trinajstić information content (AvgIpc) is 3.08. The number of carbonyl (C=O) groups excluding carboxylic acids is 1. The first-order valence-corrected chi connectivity index (χ1v) is 11.4. The molecule has 0 aromatic heterocycles. The van der Waals surface area contributed by atoms with Gasteiger partial charge < -0.3 is 28.7 Å². The molecule has 180 valence electrons. The molecule has 8 nitrogen and oxygen atoms in total. The maximum Gasteiger partial charge on any atom is 0.254 e. The summed E-state index contributed by atoms with van der Waals surface area (Å²) < 4.78 is 22.3. The molecule has 3 aromatic carbocycles. The van der Waals surface area contributed by atoms with Gasteiger partial charge in [0.05, 0.1) is 26.9 Å². The number of ether oxygens (including phenoxy) is 4. The minimum atomic E-state index is -0.0378. The molecule has 1 fully saturated rings. The molecule has 2 heterocycles. The Balaban J connectivity index is 1.39. The van der Waals surface area contributed by atoms with Crippen molar-refractivity contribution in [3.05, 3.63) is 71.8 Å². The van der Waals surface area contributed by atoms with Crippen LogP contribution in [0.25, 0.3) is 0 Å². The summed E-state index contributed by atoms with van der Waals surface area (Å²) in [5.74, 6) is 4.06. The summed E-state index contributed by atoms with van der Waals surface area (Å²) >= 11 is 0. The van der Waals surface area contributed by atoms with Gasteiger partial charge in [-0.3, -0.25) is 4.79 Å². The fraction of sp³-hybridized carbons (Fsp3) is 0.259. The molecule has 1 saturated heterocycles. The van der Waals surface area contributed by atoms with Crippen molar-refractivity contribution in [2.45, 2.75) is 0 Å². The van der Waals surface area contributed by atoms with Crippen molar-refractivity contribution in [2.24, 2.45) is 4.99 Å². The summed E-state index contributed by atoms with van der Waals surface area (Å²) in [5, 5.41) is 0. The molecule has 0 spiro atoms. The summed E-state index contributed by atoms with van der Waals surface area (Å²) in [6, 6.07) is 18.7. The maximum atomic E-state index is 13.2. The van der Waals surface area contributed by atoms with E-state index < -0.39 is 0 Å². The predicted molar refractivity (Wildman–Crippen MR) is 133 cm³/mol. The van der Waals surface area contributed by atoms with Crippen molar-refractivity contribution < 1.29 is 23.7 Å². The quantitative estimate of drug-likeness (QED) is 0.561. The van der Waals surface area contributed by atoms with Gasteiger partial charge in [0.1, 0.15) is 23.0 Å². The van der Waals surface area contributed by atoms with E-state index in [1.54, 1.807) is 39.5 Å². The van der Waals surface area contributed by atoms with Crippen molar-refractivity contribution >= 4 is 17.4 Å². The third kappa shape index (κ3) is 4.35. The van der Waals surface area contributed by atoms with Gasteiger partial charge in [-0.25, -0.2) is 4.99 Å². The van der Waals surface area contributed by atoms with Crippen LogP contribution in [0.3, 0.4) is 0 Å². The van der Waals surface area contributed by atoms with Crippen LogP contribution in [0.5, 0.6) is 28.7 Å². The standard InChI is InChI=1S/C27H27N3O5/c1-32-19-9-11-22-20(17-19)26(28-21-6-4-5-7-23(21)35-22)29-12-14-30(15-13-29)27(31)18-8-10-24(33-2)25(16-18)34-3/h4-11,16-17H,12-15H2,1-3H3. The molecule has 0 unspecified atom stereocenters. The zero-order valence-electron chi connectivity index (χ0n) is 20.0. The zero-order valence-corrected chi connectivity index (χ0v) is 20.0. The number of hydrogen-bond donors (Lipinski definition) is 0. The second-order valence-electron chi connectivity index (χ2n) is 8.22. The number of piperazine rings is 1. The number of amides is 1. The third-order valence-electron chi connectivity index (χ3n) is 6.24. The molecule has 0 aliphatic carbocycles. The monoisotopic (exact) mass is 473 g/mol. The number of amidine groups is 1. The molecule has 1 amide bonds. The van der Waals surface area contributed by atoms with Gasteiger partial charge >= 0.3 is 0 Å². The molecule has 0 atom stereocenters. The Morgan fingerprint density at radius 1 is 0.829 bits per heavy atom. The van der Waals surface area contributed by atoms with Gasteiger partial charge in [0, 0.05) is 31.7 Å². The van der Waals surface area contributed by atoms with Crippen LogP contribution in [-0.4, -0.2) is 69.1 Å². The first kappa shape index (κ1) is 22.6.